The van der Waals surface area contributed by atoms with Gasteiger partial charge in [-0.3, -0.25) is 9.69 Å². The van der Waals surface area contributed by atoms with Crippen LogP contribution in [0.15, 0.2) is 53.1 Å². The van der Waals surface area contributed by atoms with Gasteiger partial charge in [0.05, 0.1) is 6.04 Å². The van der Waals surface area contributed by atoms with E-state index in [0.717, 1.165) is 5.56 Å². The molecule has 1 N–H and O–H groups in total. The number of fused-ring (bicyclic) bond motifs is 1. The van der Waals surface area contributed by atoms with E-state index in [0.29, 0.717) is 41.9 Å². The first kappa shape index (κ1) is 19.4. The van der Waals surface area contributed by atoms with Crippen molar-refractivity contribution in [2.75, 3.05) is 27.0 Å². The Hall–Kier alpha value is -3.59. The van der Waals surface area contributed by atoms with Gasteiger partial charge < -0.3 is 24.1 Å². The van der Waals surface area contributed by atoms with E-state index >= 15 is 0 Å². The Morgan fingerprint density at radius 1 is 1.19 bits per heavy atom. The summed E-state index contributed by atoms with van der Waals surface area (Å²) >= 11 is 0. The number of carbonyl (C=O) groups is 1. The summed E-state index contributed by atoms with van der Waals surface area (Å²) in [5.41, 5.74) is 0.794. The summed E-state index contributed by atoms with van der Waals surface area (Å²) in [7, 11) is 1.97. The molecule has 1 fully saturated rings. The number of benzene rings is 2. The smallest absolute Gasteiger partial charge is 0.258 e. The molecule has 1 aromatic heterocycles. The summed E-state index contributed by atoms with van der Waals surface area (Å²) in [6, 6.07) is 14.7. The molecule has 9 heteroatoms. The largest absolute Gasteiger partial charge is 0.484 e. The van der Waals surface area contributed by atoms with Crippen LogP contribution in [-0.4, -0.2) is 54.0 Å². The highest BCUT2D eigenvalue weighted by Crippen LogP contribution is 2.36. The average Bonchev–Trinajstić information content (AvgIpc) is 3.52. The second kappa shape index (κ2) is 8.27. The molecule has 5 rings (SSSR count). The number of aromatic nitrogens is 2. The van der Waals surface area contributed by atoms with Crippen LogP contribution in [0.2, 0.25) is 0 Å². The van der Waals surface area contributed by atoms with Crippen molar-refractivity contribution in [3.8, 4) is 28.6 Å². The van der Waals surface area contributed by atoms with Gasteiger partial charge in [0.25, 0.3) is 5.91 Å². The molecule has 0 unspecified atom stereocenters. The Morgan fingerprint density at radius 3 is 2.90 bits per heavy atom. The van der Waals surface area contributed by atoms with Crippen molar-refractivity contribution in [3.63, 3.8) is 0 Å². The predicted octanol–water partition coefficient (Wildman–Crippen LogP) is 2.41. The van der Waals surface area contributed by atoms with Crippen molar-refractivity contribution in [2.45, 2.75) is 18.5 Å². The Kier molecular flexibility index (Phi) is 5.17. The molecular weight excluding hydrogens is 400 g/mol. The van der Waals surface area contributed by atoms with Crippen LogP contribution in [0.3, 0.4) is 0 Å². The zero-order chi connectivity index (χ0) is 21.2. The summed E-state index contributed by atoms with van der Waals surface area (Å²) < 4.78 is 21.8. The minimum Gasteiger partial charge on any atom is -0.484 e. The van der Waals surface area contributed by atoms with Crippen LogP contribution in [0.1, 0.15) is 18.4 Å². The fourth-order valence-electron chi connectivity index (χ4n) is 3.85. The lowest BCUT2D eigenvalue weighted by Gasteiger charge is -2.14. The molecule has 31 heavy (non-hydrogen) atoms. The number of carbonyl (C=O) groups excluding carboxylic acids is 1. The lowest BCUT2D eigenvalue weighted by molar-refractivity contribution is -0.123. The molecule has 1 amide bonds. The highest BCUT2D eigenvalue weighted by Gasteiger charge is 2.35. The van der Waals surface area contributed by atoms with Crippen molar-refractivity contribution >= 4 is 5.91 Å². The monoisotopic (exact) mass is 422 g/mol. The lowest BCUT2D eigenvalue weighted by atomic mass is 10.1. The summed E-state index contributed by atoms with van der Waals surface area (Å²) in [6.45, 7) is 0.875. The van der Waals surface area contributed by atoms with Crippen molar-refractivity contribution in [1.29, 1.82) is 0 Å². The van der Waals surface area contributed by atoms with E-state index in [9.17, 15) is 4.79 Å². The van der Waals surface area contributed by atoms with Gasteiger partial charge in [-0.2, -0.15) is 4.98 Å². The molecule has 0 spiro atoms. The minimum absolute atomic E-state index is 0.0241. The number of hydrogen-bond donors (Lipinski definition) is 1. The van der Waals surface area contributed by atoms with E-state index in [1.165, 1.54) is 0 Å². The molecule has 0 radical (unpaired) electrons. The number of para-hydroxylation sites is 1. The van der Waals surface area contributed by atoms with Crippen molar-refractivity contribution in [3.05, 3.63) is 54.4 Å². The number of likely N-dealkylation sites (N-methyl/N-ethyl adjacent to an activating group) is 1. The zero-order valence-electron chi connectivity index (χ0n) is 17.0. The second-order valence-electron chi connectivity index (χ2n) is 7.58. The average molecular weight is 422 g/mol. The lowest BCUT2D eigenvalue weighted by Crippen LogP contribution is -2.39. The molecule has 9 nitrogen and oxygen atoms in total. The number of hydrogen-bond acceptors (Lipinski definition) is 8. The van der Waals surface area contributed by atoms with Gasteiger partial charge in [0, 0.05) is 18.2 Å². The quantitative estimate of drug-likeness (QED) is 0.647. The molecule has 0 saturated carbocycles. The Morgan fingerprint density at radius 2 is 2.03 bits per heavy atom. The van der Waals surface area contributed by atoms with Crippen molar-refractivity contribution in [2.24, 2.45) is 0 Å². The summed E-state index contributed by atoms with van der Waals surface area (Å²) in [5.74, 6) is 2.90. The van der Waals surface area contributed by atoms with E-state index in [2.05, 4.69) is 20.4 Å². The molecule has 2 aromatic carbocycles. The first-order valence-corrected chi connectivity index (χ1v) is 10.1. The Labute approximate surface area is 178 Å². The molecular formula is C22H22N4O5. The van der Waals surface area contributed by atoms with Gasteiger partial charge in [-0.25, -0.2) is 0 Å². The first-order chi connectivity index (χ1) is 15.2. The van der Waals surface area contributed by atoms with Crippen molar-refractivity contribution in [1.82, 2.24) is 20.4 Å². The van der Waals surface area contributed by atoms with Gasteiger partial charge in [-0.1, -0.05) is 23.4 Å². The van der Waals surface area contributed by atoms with Crippen LogP contribution in [0.25, 0.3) is 11.4 Å². The van der Waals surface area contributed by atoms with Crippen LogP contribution < -0.4 is 19.5 Å². The molecule has 3 heterocycles. The highest BCUT2D eigenvalue weighted by molar-refractivity contribution is 5.77. The maximum absolute atomic E-state index is 12.3. The number of nitrogens with one attached hydrogen (secondary N) is 1. The van der Waals surface area contributed by atoms with Crippen LogP contribution in [0.4, 0.5) is 0 Å². The third-order valence-electron chi connectivity index (χ3n) is 5.38. The zero-order valence-corrected chi connectivity index (χ0v) is 17.0. The first-order valence-electron chi connectivity index (χ1n) is 10.1. The molecule has 0 aliphatic carbocycles. The Bertz CT molecular complexity index is 1070. The number of amides is 1. The fourth-order valence-corrected chi connectivity index (χ4v) is 3.85. The number of ether oxygens (including phenoxy) is 3. The van der Waals surface area contributed by atoms with E-state index in [4.69, 9.17) is 18.7 Å². The topological polar surface area (TPSA) is 99.0 Å². The number of rotatable bonds is 6. The number of nitrogens with zero attached hydrogens (tertiary/aromatic N) is 3. The van der Waals surface area contributed by atoms with E-state index < -0.39 is 0 Å². The maximum Gasteiger partial charge on any atom is 0.258 e. The van der Waals surface area contributed by atoms with E-state index in [1.807, 2.05) is 55.6 Å². The van der Waals surface area contributed by atoms with Gasteiger partial charge in [0.15, 0.2) is 18.1 Å². The third kappa shape index (κ3) is 4.17. The van der Waals surface area contributed by atoms with Crippen LogP contribution in [0, 0.1) is 0 Å². The SMILES string of the molecule is CN1C[C@@H](NC(=O)COc2ccccc2)C[C@H]1c1nc(-c2ccc3c(c2)OCO3)no1. The molecule has 3 aromatic rings. The Balaban J connectivity index is 1.19. The third-order valence-corrected chi connectivity index (χ3v) is 5.38. The molecule has 0 bridgehead atoms. The highest BCUT2D eigenvalue weighted by atomic mass is 16.7. The standard InChI is InChI=1S/C22H22N4O5/c1-26-11-15(23-20(27)12-28-16-5-3-2-4-6-16)10-17(26)22-24-21(25-31-22)14-7-8-18-19(9-14)30-13-29-18/h2-9,15,17H,10-13H2,1H3,(H,23,27)/t15-,17-/m0/s1. The minimum atomic E-state index is -0.158. The maximum atomic E-state index is 12.3. The molecule has 2 aliphatic heterocycles. The van der Waals surface area contributed by atoms with Gasteiger partial charge >= 0.3 is 0 Å². The fraction of sp³-hybridized carbons (Fsp3) is 0.318. The second-order valence-corrected chi connectivity index (χ2v) is 7.58. The van der Waals surface area contributed by atoms with Crippen LogP contribution in [-0.2, 0) is 4.79 Å². The molecule has 160 valence electrons. The van der Waals surface area contributed by atoms with Gasteiger partial charge in [0.2, 0.25) is 18.5 Å². The van der Waals surface area contributed by atoms with Gasteiger partial charge in [0.1, 0.15) is 5.75 Å². The summed E-state index contributed by atoms with van der Waals surface area (Å²) in [4.78, 5) is 18.9. The number of likely N-dealkylation sites (tertiary alicyclic amines) is 1. The van der Waals surface area contributed by atoms with Crippen LogP contribution in [0.5, 0.6) is 17.2 Å². The summed E-state index contributed by atoms with van der Waals surface area (Å²) in [5, 5.41) is 7.14. The molecule has 1 saturated heterocycles. The normalized spacial score (nSPS) is 20.0. The van der Waals surface area contributed by atoms with E-state index in [1.54, 1.807) is 0 Å². The van der Waals surface area contributed by atoms with Gasteiger partial charge in [-0.05, 0) is 43.8 Å². The predicted molar refractivity (Wildman–Crippen MR) is 110 cm³/mol. The summed E-state index contributed by atoms with van der Waals surface area (Å²) in [6.07, 6.45) is 0.677. The molecule has 2 atom stereocenters. The van der Waals surface area contributed by atoms with Crippen LogP contribution >= 0.6 is 0 Å². The van der Waals surface area contributed by atoms with Gasteiger partial charge in [-0.15, -0.1) is 0 Å². The van der Waals surface area contributed by atoms with E-state index in [-0.39, 0.29) is 31.4 Å². The molecule has 2 aliphatic rings. The van der Waals surface area contributed by atoms with Crippen molar-refractivity contribution < 1.29 is 23.5 Å².